The molecule has 0 saturated carbocycles. The molecule has 7 heteroatoms. The van der Waals surface area contributed by atoms with E-state index in [-0.39, 0.29) is 5.84 Å². The fourth-order valence-corrected chi connectivity index (χ4v) is 1.75. The van der Waals surface area contributed by atoms with Crippen molar-refractivity contribution in [2.75, 3.05) is 0 Å². The van der Waals surface area contributed by atoms with Gasteiger partial charge in [0.2, 0.25) is 0 Å². The molecule has 1 aromatic heterocycles. The number of hydrogen-bond donors (Lipinski definition) is 2. The molecule has 1 heterocycles. The zero-order valence-electron chi connectivity index (χ0n) is 8.51. The van der Waals surface area contributed by atoms with Crippen molar-refractivity contribution < 1.29 is 5.21 Å². The third kappa shape index (κ3) is 2.35. The maximum absolute atomic E-state index is 8.55. The largest absolute Gasteiger partial charge is 0.409 e. The van der Waals surface area contributed by atoms with Crippen molar-refractivity contribution in [3.05, 3.63) is 46.2 Å². The summed E-state index contributed by atoms with van der Waals surface area (Å²) in [7, 11) is 0. The number of aromatic nitrogens is 2. The average Bonchev–Trinajstić information content (AvgIpc) is 2.74. The van der Waals surface area contributed by atoms with Crippen LogP contribution in [0.1, 0.15) is 5.56 Å². The Balaban J connectivity index is 2.45. The van der Waals surface area contributed by atoms with Gasteiger partial charge in [-0.05, 0) is 18.2 Å². The van der Waals surface area contributed by atoms with Gasteiger partial charge in [-0.2, -0.15) is 5.10 Å². The molecule has 0 atom stereocenters. The van der Waals surface area contributed by atoms with Crippen LogP contribution in [-0.4, -0.2) is 20.8 Å². The first-order chi connectivity index (χ1) is 8.11. The number of oxime groups is 1. The molecule has 0 unspecified atom stereocenters. The Morgan fingerprint density at radius 2 is 2.18 bits per heavy atom. The zero-order valence-corrected chi connectivity index (χ0v) is 10.0. The number of amidine groups is 1. The van der Waals surface area contributed by atoms with Crippen LogP contribution in [0.4, 0.5) is 0 Å². The van der Waals surface area contributed by atoms with Gasteiger partial charge in [0.05, 0.1) is 21.9 Å². The molecule has 0 aliphatic heterocycles. The molecule has 17 heavy (non-hydrogen) atoms. The first-order valence-corrected chi connectivity index (χ1v) is 5.35. The van der Waals surface area contributed by atoms with Gasteiger partial charge in [0.15, 0.2) is 5.84 Å². The van der Waals surface area contributed by atoms with E-state index in [4.69, 9.17) is 34.1 Å². The van der Waals surface area contributed by atoms with Crippen LogP contribution in [0.15, 0.2) is 35.7 Å². The topological polar surface area (TPSA) is 76.4 Å². The molecule has 0 aliphatic carbocycles. The molecule has 3 N–H and O–H groups in total. The number of nitrogens with zero attached hydrogens (tertiary/aromatic N) is 3. The fraction of sp³-hybridized carbons (Fsp3) is 0. The standard InChI is InChI=1S/C10H8Cl2N4O/c11-7-4-14-16(5-7)9-2-1-6(3-8(9)12)10(13)15-17/h1-5,17H,(H2,13,15). The Labute approximate surface area is 107 Å². The molecule has 2 rings (SSSR count). The number of hydrogen-bond acceptors (Lipinski definition) is 3. The first kappa shape index (κ1) is 11.8. The monoisotopic (exact) mass is 270 g/mol. The summed E-state index contributed by atoms with van der Waals surface area (Å²) in [5, 5.41) is 16.4. The third-order valence-corrected chi connectivity index (χ3v) is 2.65. The second-order valence-electron chi connectivity index (χ2n) is 3.25. The summed E-state index contributed by atoms with van der Waals surface area (Å²) < 4.78 is 1.54. The Kier molecular flexibility index (Phi) is 3.21. The molecule has 0 fully saturated rings. The van der Waals surface area contributed by atoms with E-state index in [1.807, 2.05) is 0 Å². The van der Waals surface area contributed by atoms with Crippen LogP contribution in [0.2, 0.25) is 10.0 Å². The third-order valence-electron chi connectivity index (χ3n) is 2.15. The highest BCUT2D eigenvalue weighted by Crippen LogP contribution is 2.22. The summed E-state index contributed by atoms with van der Waals surface area (Å²) in [5.74, 6) is -0.00283. The van der Waals surface area contributed by atoms with Crippen LogP contribution in [0, 0.1) is 0 Å². The smallest absolute Gasteiger partial charge is 0.170 e. The predicted octanol–water partition coefficient (Wildman–Crippen LogP) is 2.27. The molecule has 2 aromatic rings. The summed E-state index contributed by atoms with van der Waals surface area (Å²) in [6.07, 6.45) is 3.14. The molecule has 5 nitrogen and oxygen atoms in total. The first-order valence-electron chi connectivity index (χ1n) is 4.60. The lowest BCUT2D eigenvalue weighted by molar-refractivity contribution is 0.318. The summed E-state index contributed by atoms with van der Waals surface area (Å²) in [5.41, 5.74) is 6.64. The molecule has 0 saturated heterocycles. The number of halogens is 2. The second kappa shape index (κ2) is 4.65. The van der Waals surface area contributed by atoms with E-state index in [0.717, 1.165) is 0 Å². The van der Waals surface area contributed by atoms with E-state index < -0.39 is 0 Å². The van der Waals surface area contributed by atoms with Gasteiger partial charge < -0.3 is 10.9 Å². The van der Waals surface area contributed by atoms with E-state index in [2.05, 4.69) is 10.3 Å². The average molecular weight is 271 g/mol. The van der Waals surface area contributed by atoms with Crippen molar-refractivity contribution in [3.63, 3.8) is 0 Å². The van der Waals surface area contributed by atoms with Crippen molar-refractivity contribution in [1.29, 1.82) is 0 Å². The van der Waals surface area contributed by atoms with Crippen molar-refractivity contribution in [3.8, 4) is 5.69 Å². The summed E-state index contributed by atoms with van der Waals surface area (Å²) in [6, 6.07) is 4.96. The Morgan fingerprint density at radius 1 is 1.41 bits per heavy atom. The Bertz CT molecular complexity index is 579. The van der Waals surface area contributed by atoms with Gasteiger partial charge in [-0.3, -0.25) is 0 Å². The highest BCUT2D eigenvalue weighted by Gasteiger charge is 2.07. The molecule has 88 valence electrons. The summed E-state index contributed by atoms with van der Waals surface area (Å²) in [4.78, 5) is 0. The quantitative estimate of drug-likeness (QED) is 0.380. The number of benzene rings is 1. The molecule has 0 spiro atoms. The second-order valence-corrected chi connectivity index (χ2v) is 4.10. The molecule has 0 amide bonds. The molecule has 0 radical (unpaired) electrons. The van der Waals surface area contributed by atoms with Gasteiger partial charge in [0.1, 0.15) is 0 Å². The number of rotatable bonds is 2. The van der Waals surface area contributed by atoms with Crippen LogP contribution in [-0.2, 0) is 0 Å². The van der Waals surface area contributed by atoms with E-state index in [0.29, 0.717) is 21.3 Å². The van der Waals surface area contributed by atoms with E-state index in [1.54, 1.807) is 29.1 Å². The van der Waals surface area contributed by atoms with Crippen LogP contribution < -0.4 is 5.73 Å². The molecular weight excluding hydrogens is 263 g/mol. The molecule has 0 aliphatic rings. The van der Waals surface area contributed by atoms with Gasteiger partial charge in [0, 0.05) is 11.8 Å². The number of nitrogens with two attached hydrogens (primary N) is 1. The summed E-state index contributed by atoms with van der Waals surface area (Å²) in [6.45, 7) is 0. The van der Waals surface area contributed by atoms with E-state index >= 15 is 0 Å². The highest BCUT2D eigenvalue weighted by atomic mass is 35.5. The van der Waals surface area contributed by atoms with Crippen LogP contribution in [0.5, 0.6) is 0 Å². The maximum atomic E-state index is 8.55. The van der Waals surface area contributed by atoms with Crippen molar-refractivity contribution in [1.82, 2.24) is 9.78 Å². The molecule has 1 aromatic carbocycles. The minimum absolute atomic E-state index is 0.00283. The van der Waals surface area contributed by atoms with Gasteiger partial charge in [-0.15, -0.1) is 0 Å². The summed E-state index contributed by atoms with van der Waals surface area (Å²) >= 11 is 11.8. The SMILES string of the molecule is NC(=NO)c1ccc(-n2cc(Cl)cn2)c(Cl)c1. The van der Waals surface area contributed by atoms with Crippen LogP contribution >= 0.6 is 23.2 Å². The lowest BCUT2D eigenvalue weighted by atomic mass is 10.2. The van der Waals surface area contributed by atoms with Crippen LogP contribution in [0.3, 0.4) is 0 Å². The lowest BCUT2D eigenvalue weighted by Crippen LogP contribution is -2.13. The fourth-order valence-electron chi connectivity index (χ4n) is 1.34. The van der Waals surface area contributed by atoms with Gasteiger partial charge in [-0.1, -0.05) is 28.4 Å². The van der Waals surface area contributed by atoms with Crippen molar-refractivity contribution >= 4 is 29.0 Å². The van der Waals surface area contributed by atoms with Gasteiger partial charge in [0.25, 0.3) is 0 Å². The van der Waals surface area contributed by atoms with Gasteiger partial charge in [-0.25, -0.2) is 4.68 Å². The molecular formula is C10H8Cl2N4O. The molecule has 0 bridgehead atoms. The van der Waals surface area contributed by atoms with Crippen LogP contribution in [0.25, 0.3) is 5.69 Å². The Morgan fingerprint density at radius 3 is 2.71 bits per heavy atom. The maximum Gasteiger partial charge on any atom is 0.170 e. The van der Waals surface area contributed by atoms with Crippen molar-refractivity contribution in [2.24, 2.45) is 10.9 Å². The predicted molar refractivity (Wildman–Crippen MR) is 66.1 cm³/mol. The Hall–Kier alpha value is -1.72. The minimum Gasteiger partial charge on any atom is -0.409 e. The normalized spacial score (nSPS) is 11.8. The van der Waals surface area contributed by atoms with E-state index in [1.165, 1.54) is 6.20 Å². The zero-order chi connectivity index (χ0) is 12.4. The van der Waals surface area contributed by atoms with Crippen molar-refractivity contribution in [2.45, 2.75) is 0 Å². The minimum atomic E-state index is -0.00283. The van der Waals surface area contributed by atoms with E-state index in [9.17, 15) is 0 Å². The lowest BCUT2D eigenvalue weighted by Gasteiger charge is -2.06. The van der Waals surface area contributed by atoms with Gasteiger partial charge >= 0.3 is 0 Å². The highest BCUT2D eigenvalue weighted by molar-refractivity contribution is 6.33.